The van der Waals surface area contributed by atoms with Gasteiger partial charge in [0.15, 0.2) is 0 Å². The van der Waals surface area contributed by atoms with E-state index in [4.69, 9.17) is 0 Å². The van der Waals surface area contributed by atoms with Crippen LogP contribution in [0.2, 0.25) is 0 Å². The molecule has 0 aliphatic carbocycles. The van der Waals surface area contributed by atoms with Crippen LogP contribution in [-0.4, -0.2) is 30.3 Å². The van der Waals surface area contributed by atoms with Crippen LogP contribution in [0.25, 0.3) is 0 Å². The van der Waals surface area contributed by atoms with E-state index >= 15 is 0 Å². The molecule has 4 nitrogen and oxygen atoms in total. The fourth-order valence-corrected chi connectivity index (χ4v) is 2.50. The number of aryl methyl sites for hydroxylation is 1. The van der Waals surface area contributed by atoms with Gasteiger partial charge in [-0.2, -0.15) is 0 Å². The van der Waals surface area contributed by atoms with Crippen molar-refractivity contribution in [1.29, 1.82) is 0 Å². The van der Waals surface area contributed by atoms with Crippen LogP contribution in [0.3, 0.4) is 0 Å². The van der Waals surface area contributed by atoms with E-state index in [1.807, 2.05) is 31.2 Å². The number of nitrogens with one attached hydrogen (secondary N) is 1. The van der Waals surface area contributed by atoms with Crippen molar-refractivity contribution >= 4 is 11.8 Å². The molecular weight excluding hydrogens is 312 g/mol. The zero-order valence-electron chi connectivity index (χ0n) is 15.2. The SMILES string of the molecule is CCCCN(C)C(=O)c1cccc(C(=O)NCc2ccc(C)cc2)c1. The molecule has 0 aliphatic heterocycles. The van der Waals surface area contributed by atoms with Gasteiger partial charge in [0, 0.05) is 31.3 Å². The van der Waals surface area contributed by atoms with Crippen molar-refractivity contribution in [2.75, 3.05) is 13.6 Å². The molecule has 2 aromatic carbocycles. The van der Waals surface area contributed by atoms with E-state index in [-0.39, 0.29) is 11.8 Å². The van der Waals surface area contributed by atoms with Crippen LogP contribution in [0.5, 0.6) is 0 Å². The van der Waals surface area contributed by atoms with Gasteiger partial charge in [0.25, 0.3) is 11.8 Å². The van der Waals surface area contributed by atoms with E-state index < -0.39 is 0 Å². The molecule has 0 unspecified atom stereocenters. The van der Waals surface area contributed by atoms with Crippen LogP contribution in [0.15, 0.2) is 48.5 Å². The summed E-state index contributed by atoms with van der Waals surface area (Å²) in [6, 6.07) is 14.9. The highest BCUT2D eigenvalue weighted by Gasteiger charge is 2.13. The average Bonchev–Trinajstić information content (AvgIpc) is 2.64. The highest BCUT2D eigenvalue weighted by molar-refractivity contribution is 5.99. The Hall–Kier alpha value is -2.62. The second-order valence-corrected chi connectivity index (χ2v) is 6.33. The quantitative estimate of drug-likeness (QED) is 0.835. The number of hydrogen-bond donors (Lipinski definition) is 1. The van der Waals surface area contributed by atoms with Crippen molar-refractivity contribution in [3.05, 3.63) is 70.8 Å². The minimum Gasteiger partial charge on any atom is -0.348 e. The van der Waals surface area contributed by atoms with Crippen LogP contribution in [0.4, 0.5) is 0 Å². The van der Waals surface area contributed by atoms with Crippen LogP contribution >= 0.6 is 0 Å². The van der Waals surface area contributed by atoms with Gasteiger partial charge in [0.05, 0.1) is 0 Å². The fraction of sp³-hybridized carbons (Fsp3) is 0.333. The topological polar surface area (TPSA) is 49.4 Å². The van der Waals surface area contributed by atoms with Gasteiger partial charge in [-0.05, 0) is 37.1 Å². The van der Waals surface area contributed by atoms with Crippen LogP contribution in [0.1, 0.15) is 51.6 Å². The third kappa shape index (κ3) is 5.45. The van der Waals surface area contributed by atoms with Gasteiger partial charge in [-0.15, -0.1) is 0 Å². The number of rotatable bonds is 7. The zero-order valence-corrected chi connectivity index (χ0v) is 15.2. The number of hydrogen-bond acceptors (Lipinski definition) is 2. The van der Waals surface area contributed by atoms with Crippen molar-refractivity contribution in [3.63, 3.8) is 0 Å². The number of carbonyl (C=O) groups is 2. The third-order valence-electron chi connectivity index (χ3n) is 4.14. The molecule has 0 atom stereocenters. The molecule has 2 rings (SSSR count). The van der Waals surface area contributed by atoms with E-state index in [1.54, 1.807) is 36.2 Å². The van der Waals surface area contributed by atoms with E-state index in [0.29, 0.717) is 17.7 Å². The molecule has 0 radical (unpaired) electrons. The monoisotopic (exact) mass is 338 g/mol. The Balaban J connectivity index is 2.00. The Morgan fingerprint density at radius 3 is 2.40 bits per heavy atom. The lowest BCUT2D eigenvalue weighted by molar-refractivity contribution is 0.0793. The molecule has 0 aliphatic rings. The molecule has 2 amide bonds. The van der Waals surface area contributed by atoms with Crippen molar-refractivity contribution in [1.82, 2.24) is 10.2 Å². The third-order valence-corrected chi connectivity index (χ3v) is 4.14. The Bertz CT molecular complexity index is 723. The molecule has 0 heterocycles. The van der Waals surface area contributed by atoms with Gasteiger partial charge >= 0.3 is 0 Å². The first-order valence-electron chi connectivity index (χ1n) is 8.70. The maximum Gasteiger partial charge on any atom is 0.253 e. The lowest BCUT2D eigenvalue weighted by atomic mass is 10.1. The summed E-state index contributed by atoms with van der Waals surface area (Å²) in [5, 5.41) is 2.90. The first kappa shape index (κ1) is 18.7. The average molecular weight is 338 g/mol. The standard InChI is InChI=1S/C21H26N2O2/c1-4-5-13-23(3)21(25)19-8-6-7-18(14-19)20(24)22-15-17-11-9-16(2)10-12-17/h6-12,14H,4-5,13,15H2,1-3H3,(H,22,24). The van der Waals surface area contributed by atoms with E-state index in [2.05, 4.69) is 12.2 Å². The number of nitrogens with zero attached hydrogens (tertiary/aromatic N) is 1. The summed E-state index contributed by atoms with van der Waals surface area (Å²) in [4.78, 5) is 26.5. The van der Waals surface area contributed by atoms with Crippen molar-refractivity contribution in [3.8, 4) is 0 Å². The molecule has 0 saturated carbocycles. The minimum absolute atomic E-state index is 0.0540. The number of amides is 2. The Labute approximate surface area is 149 Å². The summed E-state index contributed by atoms with van der Waals surface area (Å²) < 4.78 is 0. The maximum absolute atomic E-state index is 12.4. The Kier molecular flexibility index (Phi) is 6.75. The first-order valence-corrected chi connectivity index (χ1v) is 8.70. The smallest absolute Gasteiger partial charge is 0.253 e. The minimum atomic E-state index is -0.175. The second kappa shape index (κ2) is 9.02. The van der Waals surface area contributed by atoms with Crippen LogP contribution in [0, 0.1) is 6.92 Å². The van der Waals surface area contributed by atoms with Crippen molar-refractivity contribution in [2.24, 2.45) is 0 Å². The zero-order chi connectivity index (χ0) is 18.2. The van der Waals surface area contributed by atoms with Crippen LogP contribution < -0.4 is 5.32 Å². The van der Waals surface area contributed by atoms with Crippen molar-refractivity contribution < 1.29 is 9.59 Å². The van der Waals surface area contributed by atoms with Gasteiger partial charge in [0.2, 0.25) is 0 Å². The Morgan fingerprint density at radius 1 is 1.04 bits per heavy atom. The molecule has 0 fully saturated rings. The first-order chi connectivity index (χ1) is 12.0. The molecule has 1 N–H and O–H groups in total. The van der Waals surface area contributed by atoms with Gasteiger partial charge in [0.1, 0.15) is 0 Å². The molecule has 0 spiro atoms. The summed E-state index contributed by atoms with van der Waals surface area (Å²) in [6.07, 6.45) is 2.01. The molecule has 0 aromatic heterocycles. The summed E-state index contributed by atoms with van der Waals surface area (Å²) in [6.45, 7) is 5.31. The summed E-state index contributed by atoms with van der Waals surface area (Å²) in [7, 11) is 1.79. The lowest BCUT2D eigenvalue weighted by Gasteiger charge is -2.17. The molecule has 4 heteroatoms. The predicted octanol–water partition coefficient (Wildman–Crippen LogP) is 3.80. The van der Waals surface area contributed by atoms with Gasteiger partial charge in [-0.1, -0.05) is 49.2 Å². The fourth-order valence-electron chi connectivity index (χ4n) is 2.50. The molecule has 2 aromatic rings. The number of unbranched alkanes of at least 4 members (excludes halogenated alkanes) is 1. The van der Waals surface area contributed by atoms with E-state index in [9.17, 15) is 9.59 Å². The molecule has 25 heavy (non-hydrogen) atoms. The highest BCUT2D eigenvalue weighted by atomic mass is 16.2. The van der Waals surface area contributed by atoms with E-state index in [1.165, 1.54) is 5.56 Å². The largest absolute Gasteiger partial charge is 0.348 e. The predicted molar refractivity (Wildman–Crippen MR) is 101 cm³/mol. The normalized spacial score (nSPS) is 10.4. The number of carbonyl (C=O) groups excluding carboxylic acids is 2. The summed E-state index contributed by atoms with van der Waals surface area (Å²) >= 11 is 0. The summed E-state index contributed by atoms with van der Waals surface area (Å²) in [5.74, 6) is -0.229. The molecule has 0 bridgehead atoms. The highest BCUT2D eigenvalue weighted by Crippen LogP contribution is 2.10. The number of benzene rings is 2. The van der Waals surface area contributed by atoms with E-state index in [0.717, 1.165) is 24.9 Å². The second-order valence-electron chi connectivity index (χ2n) is 6.33. The molecule has 132 valence electrons. The van der Waals surface area contributed by atoms with Crippen molar-refractivity contribution in [2.45, 2.75) is 33.2 Å². The summed E-state index contributed by atoms with van der Waals surface area (Å²) in [5.41, 5.74) is 3.28. The van der Waals surface area contributed by atoms with Gasteiger partial charge < -0.3 is 10.2 Å². The molecular formula is C21H26N2O2. The van der Waals surface area contributed by atoms with Crippen LogP contribution in [-0.2, 0) is 6.54 Å². The van der Waals surface area contributed by atoms with Gasteiger partial charge in [-0.3, -0.25) is 9.59 Å². The lowest BCUT2D eigenvalue weighted by Crippen LogP contribution is -2.28. The molecule has 0 saturated heterocycles. The maximum atomic E-state index is 12.4. The Morgan fingerprint density at radius 2 is 1.72 bits per heavy atom. The van der Waals surface area contributed by atoms with Gasteiger partial charge in [-0.25, -0.2) is 0 Å².